The first-order chi connectivity index (χ1) is 26.4. The highest BCUT2D eigenvalue weighted by Gasteiger charge is 2.55. The minimum Gasteiger partial charge on any atom is -0.459 e. The Balaban J connectivity index is 1.55. The Labute approximate surface area is 328 Å². The Hall–Kier alpha value is -4.20. The second-order valence-electron chi connectivity index (χ2n) is 16.2. The molecule has 3 saturated heterocycles. The molecule has 15 heteroatoms. The summed E-state index contributed by atoms with van der Waals surface area (Å²) in [5, 5.41) is 21.4. The molecule has 3 aliphatic rings. The molecule has 3 N–H and O–H groups in total. The fourth-order valence-electron chi connectivity index (χ4n) is 8.59. The average Bonchev–Trinajstić information content (AvgIpc) is 3.77. The fourth-order valence-corrected chi connectivity index (χ4v) is 8.59. The van der Waals surface area contributed by atoms with E-state index in [1.165, 1.54) is 6.92 Å². The first-order valence-corrected chi connectivity index (χ1v) is 19.4. The van der Waals surface area contributed by atoms with Gasteiger partial charge in [0.05, 0.1) is 29.4 Å². The van der Waals surface area contributed by atoms with E-state index in [-0.39, 0.29) is 31.0 Å². The van der Waals surface area contributed by atoms with Gasteiger partial charge in [0, 0.05) is 47.8 Å². The quantitative estimate of drug-likeness (QED) is 0.210. The summed E-state index contributed by atoms with van der Waals surface area (Å²) in [6.07, 6.45) is -0.401. The standard InChI is InChI=1S/C41H57N5O10/c1-11-31-41(8)35(43-39(51)44-41)24(4)32(47)22(2)21-40(7,52-18-12-13-28-20-29(45-56-28)27-14-16-42-17-15-27)36(25(5)33(48)26(6)37(50)54-31)55-38-34(49)30(46(9)10)19-23(3)53-38/h14-17,20,22-26,30-31,34-36,38,49H,11,18-19,21H2,1-10H3,(H2,43,44,51)/t22-,23-,24+,25+,26-,30+,31-,34-,35-,36-,38+,40-,41-/m1/s1. The van der Waals surface area contributed by atoms with Crippen molar-refractivity contribution in [1.82, 2.24) is 25.7 Å². The second-order valence-corrected chi connectivity index (χ2v) is 16.2. The Kier molecular flexibility index (Phi) is 13.4. The third-order valence-electron chi connectivity index (χ3n) is 11.8. The summed E-state index contributed by atoms with van der Waals surface area (Å²) in [4.78, 5) is 61.4. The maximum absolute atomic E-state index is 14.4. The monoisotopic (exact) mass is 779 g/mol. The molecule has 0 radical (unpaired) electrons. The second kappa shape index (κ2) is 17.5. The molecule has 0 aliphatic carbocycles. The third kappa shape index (κ3) is 9.00. The maximum atomic E-state index is 14.4. The Morgan fingerprint density at radius 1 is 1.04 bits per heavy atom. The van der Waals surface area contributed by atoms with Gasteiger partial charge in [-0.05, 0) is 79.1 Å². The van der Waals surface area contributed by atoms with Gasteiger partial charge in [-0.2, -0.15) is 0 Å². The van der Waals surface area contributed by atoms with Crippen molar-refractivity contribution in [1.29, 1.82) is 0 Å². The van der Waals surface area contributed by atoms with E-state index in [4.69, 9.17) is 23.5 Å². The highest BCUT2D eigenvalue weighted by molar-refractivity contribution is 6.00. The average molecular weight is 780 g/mol. The molecule has 56 heavy (non-hydrogen) atoms. The van der Waals surface area contributed by atoms with E-state index in [2.05, 4.69) is 32.6 Å². The van der Waals surface area contributed by atoms with Crippen molar-refractivity contribution in [3.05, 3.63) is 36.4 Å². The van der Waals surface area contributed by atoms with Gasteiger partial charge in [-0.25, -0.2) is 4.79 Å². The Morgan fingerprint density at radius 3 is 2.39 bits per heavy atom. The smallest absolute Gasteiger partial charge is 0.316 e. The number of nitrogens with one attached hydrogen (secondary N) is 2. The maximum Gasteiger partial charge on any atom is 0.316 e. The highest BCUT2D eigenvalue weighted by Crippen LogP contribution is 2.39. The number of nitrogens with zero attached hydrogens (tertiary/aromatic N) is 3. The molecule has 13 atom stereocenters. The topological polar surface area (TPSA) is 192 Å². The van der Waals surface area contributed by atoms with Crippen LogP contribution in [-0.4, -0.2) is 118 Å². The number of rotatable bonds is 7. The predicted octanol–water partition coefficient (Wildman–Crippen LogP) is 3.52. The number of hydrogen-bond donors (Lipinski definition) is 3. The minimum atomic E-state index is -1.43. The fraction of sp³-hybridized carbons (Fsp3) is 0.659. The number of Topliss-reactive ketones (excluding diaryl/α,β-unsaturated/α-hetero) is 2. The van der Waals surface area contributed by atoms with E-state index in [1.807, 2.05) is 32.8 Å². The van der Waals surface area contributed by atoms with Crippen LogP contribution >= 0.6 is 0 Å². The molecule has 5 heterocycles. The summed E-state index contributed by atoms with van der Waals surface area (Å²) in [5.74, 6) is 1.05. The van der Waals surface area contributed by atoms with Gasteiger partial charge < -0.3 is 44.1 Å². The summed E-state index contributed by atoms with van der Waals surface area (Å²) in [5.41, 5.74) is -1.19. The molecule has 306 valence electrons. The van der Waals surface area contributed by atoms with Crippen LogP contribution in [0.25, 0.3) is 11.3 Å². The van der Waals surface area contributed by atoms with Gasteiger partial charge in [-0.15, -0.1) is 0 Å². The van der Waals surface area contributed by atoms with E-state index in [0.717, 1.165) is 5.56 Å². The summed E-state index contributed by atoms with van der Waals surface area (Å²) in [7, 11) is 3.71. The number of fused-ring (bicyclic) bond motifs is 1. The molecular weight excluding hydrogens is 722 g/mol. The molecule has 5 rings (SSSR count). The van der Waals surface area contributed by atoms with Gasteiger partial charge in [-0.3, -0.25) is 19.4 Å². The third-order valence-corrected chi connectivity index (χ3v) is 11.8. The molecule has 2 aromatic heterocycles. The number of carbonyl (C=O) groups is 4. The van der Waals surface area contributed by atoms with Gasteiger partial charge in [0.2, 0.25) is 5.76 Å². The highest BCUT2D eigenvalue weighted by atomic mass is 16.7. The molecule has 0 bridgehead atoms. The van der Waals surface area contributed by atoms with Crippen LogP contribution in [-0.2, 0) is 33.3 Å². The lowest BCUT2D eigenvalue weighted by Gasteiger charge is -2.47. The molecule has 0 spiro atoms. The van der Waals surface area contributed by atoms with Crippen molar-refractivity contribution >= 4 is 23.6 Å². The number of carbonyl (C=O) groups excluding carboxylic acids is 4. The number of cyclic esters (lactones) is 1. The zero-order valence-corrected chi connectivity index (χ0v) is 34.0. The lowest BCUT2D eigenvalue weighted by molar-refractivity contribution is -0.296. The van der Waals surface area contributed by atoms with Crippen molar-refractivity contribution in [2.75, 3.05) is 20.7 Å². The van der Waals surface area contributed by atoms with E-state index in [0.29, 0.717) is 24.3 Å². The van der Waals surface area contributed by atoms with Gasteiger partial charge in [-0.1, -0.05) is 38.8 Å². The minimum absolute atomic E-state index is 0.0466. The number of hydrogen-bond acceptors (Lipinski definition) is 13. The zero-order valence-electron chi connectivity index (χ0n) is 34.0. The van der Waals surface area contributed by atoms with Crippen LogP contribution in [0.1, 0.15) is 80.4 Å². The predicted molar refractivity (Wildman–Crippen MR) is 204 cm³/mol. The van der Waals surface area contributed by atoms with Crippen LogP contribution in [0.5, 0.6) is 0 Å². The van der Waals surface area contributed by atoms with Gasteiger partial charge >= 0.3 is 12.0 Å². The number of pyridine rings is 1. The van der Waals surface area contributed by atoms with Gasteiger partial charge in [0.25, 0.3) is 0 Å². The molecule has 0 saturated carbocycles. The van der Waals surface area contributed by atoms with E-state index >= 15 is 0 Å². The van der Waals surface area contributed by atoms with Gasteiger partial charge in [0.1, 0.15) is 36.2 Å². The molecule has 2 aromatic rings. The lowest BCUT2D eigenvalue weighted by atomic mass is 9.73. The number of ketones is 2. The van der Waals surface area contributed by atoms with E-state index in [9.17, 15) is 24.3 Å². The summed E-state index contributed by atoms with van der Waals surface area (Å²) >= 11 is 0. The number of aliphatic hydroxyl groups excluding tert-OH is 1. The summed E-state index contributed by atoms with van der Waals surface area (Å²) < 4.78 is 30.9. The van der Waals surface area contributed by atoms with Crippen LogP contribution in [0.3, 0.4) is 0 Å². The van der Waals surface area contributed by atoms with Crippen LogP contribution in [0.2, 0.25) is 0 Å². The van der Waals surface area contributed by atoms with Crippen molar-refractivity contribution in [3.8, 4) is 23.1 Å². The number of amides is 2. The van der Waals surface area contributed by atoms with Gasteiger partial charge in [0.15, 0.2) is 12.1 Å². The Bertz CT molecular complexity index is 1790. The van der Waals surface area contributed by atoms with Crippen molar-refractivity contribution in [2.24, 2.45) is 23.7 Å². The molecule has 2 amide bonds. The number of urea groups is 1. The molecule has 0 aromatic carbocycles. The zero-order chi connectivity index (χ0) is 41.1. The number of aliphatic hydroxyl groups is 1. The number of ether oxygens (including phenoxy) is 4. The van der Waals surface area contributed by atoms with Crippen molar-refractivity contribution < 1.29 is 47.8 Å². The van der Waals surface area contributed by atoms with E-state index < -0.39 is 83.2 Å². The molecule has 3 aliphatic heterocycles. The number of likely N-dealkylation sites (N-methyl/N-ethyl adjacent to an activating group) is 1. The summed E-state index contributed by atoms with van der Waals surface area (Å²) in [6, 6.07) is 3.74. The molecule has 3 fully saturated rings. The first-order valence-electron chi connectivity index (χ1n) is 19.4. The number of esters is 1. The Morgan fingerprint density at radius 2 is 1.73 bits per heavy atom. The van der Waals surface area contributed by atoms with Crippen LogP contribution in [0.15, 0.2) is 35.1 Å². The largest absolute Gasteiger partial charge is 0.459 e. The molecule has 15 nitrogen and oxygen atoms in total. The van der Waals surface area contributed by atoms with Crippen LogP contribution in [0.4, 0.5) is 4.79 Å². The normalized spacial score (nSPS) is 37.1. The first kappa shape index (κ1) is 42.9. The van der Waals surface area contributed by atoms with Crippen molar-refractivity contribution in [3.63, 3.8) is 0 Å². The van der Waals surface area contributed by atoms with Crippen molar-refractivity contribution in [2.45, 2.75) is 129 Å². The SMILES string of the molecule is CC[C@H]1OC(=O)[C@H](C)C(=O)[C@H](C)[C@@H](O[C@@H]2O[C@H](C)C[C@H](N(C)C)[C@H]2O)[C@](C)(OCC#Cc2cc(-c3ccncc3)no2)C[C@@H](C)C(=O)[C@H](C)[C@H]2NC(=O)N[C@@]21C. The molecular formula is C41H57N5O10. The lowest BCUT2D eigenvalue weighted by Crippen LogP contribution is -2.62. The van der Waals surface area contributed by atoms with E-state index in [1.54, 1.807) is 65.2 Å². The van der Waals surface area contributed by atoms with Crippen LogP contribution in [0, 0.1) is 35.5 Å². The molecule has 0 unspecified atom stereocenters. The number of aromatic nitrogens is 2. The summed E-state index contributed by atoms with van der Waals surface area (Å²) in [6.45, 7) is 13.6. The van der Waals surface area contributed by atoms with Crippen LogP contribution < -0.4 is 10.6 Å².